The van der Waals surface area contributed by atoms with E-state index in [9.17, 15) is 0 Å². The molecule has 0 aliphatic carbocycles. The van der Waals surface area contributed by atoms with Crippen LogP contribution in [0.3, 0.4) is 0 Å². The van der Waals surface area contributed by atoms with Crippen LogP contribution in [0.1, 0.15) is 22.2 Å². The van der Waals surface area contributed by atoms with Crippen molar-refractivity contribution in [2.75, 3.05) is 6.54 Å². The van der Waals surface area contributed by atoms with Crippen LogP contribution in [0, 0.1) is 0 Å². The summed E-state index contributed by atoms with van der Waals surface area (Å²) < 4.78 is 6.84. The van der Waals surface area contributed by atoms with Gasteiger partial charge < -0.3 is 10.1 Å². The van der Waals surface area contributed by atoms with Gasteiger partial charge in [-0.05, 0) is 36.4 Å². The fourth-order valence-corrected chi connectivity index (χ4v) is 2.88. The zero-order valence-corrected chi connectivity index (χ0v) is 13.4. The fourth-order valence-electron chi connectivity index (χ4n) is 1.69. The van der Waals surface area contributed by atoms with Gasteiger partial charge in [0.15, 0.2) is 0 Å². The number of benzene rings is 1. The SMILES string of the molecule is CCNCc1ccc(COCc2ccc(Br)cc2)s1. The largest absolute Gasteiger partial charge is 0.371 e. The molecule has 1 heterocycles. The highest BCUT2D eigenvalue weighted by Gasteiger charge is 2.00. The Bertz CT molecular complexity index is 495. The van der Waals surface area contributed by atoms with Crippen LogP contribution in [0.5, 0.6) is 0 Å². The summed E-state index contributed by atoms with van der Waals surface area (Å²) >= 11 is 5.24. The maximum Gasteiger partial charge on any atom is 0.0814 e. The Morgan fingerprint density at radius 2 is 1.79 bits per heavy atom. The van der Waals surface area contributed by atoms with Crippen LogP contribution < -0.4 is 5.32 Å². The van der Waals surface area contributed by atoms with Crippen molar-refractivity contribution >= 4 is 27.3 Å². The van der Waals surface area contributed by atoms with Crippen LogP contribution in [0.2, 0.25) is 0 Å². The molecule has 0 fully saturated rings. The zero-order valence-electron chi connectivity index (χ0n) is 11.0. The molecule has 4 heteroatoms. The second kappa shape index (κ2) is 7.80. The van der Waals surface area contributed by atoms with Gasteiger partial charge in [-0.3, -0.25) is 0 Å². The molecule has 0 aliphatic heterocycles. The Morgan fingerprint density at radius 1 is 1.05 bits per heavy atom. The topological polar surface area (TPSA) is 21.3 Å². The fraction of sp³-hybridized carbons (Fsp3) is 0.333. The molecule has 0 atom stereocenters. The summed E-state index contributed by atoms with van der Waals surface area (Å²) in [7, 11) is 0. The third kappa shape index (κ3) is 5.07. The molecule has 0 radical (unpaired) electrons. The van der Waals surface area contributed by atoms with Crippen molar-refractivity contribution in [2.45, 2.75) is 26.7 Å². The lowest BCUT2D eigenvalue weighted by Crippen LogP contribution is -2.10. The van der Waals surface area contributed by atoms with E-state index in [1.165, 1.54) is 15.3 Å². The first-order chi connectivity index (χ1) is 9.28. The van der Waals surface area contributed by atoms with E-state index in [4.69, 9.17) is 4.74 Å². The molecule has 2 aromatic rings. The highest BCUT2D eigenvalue weighted by Crippen LogP contribution is 2.18. The minimum atomic E-state index is 0.660. The van der Waals surface area contributed by atoms with Gasteiger partial charge in [0.05, 0.1) is 13.2 Å². The molecule has 0 amide bonds. The van der Waals surface area contributed by atoms with Gasteiger partial charge in [0.25, 0.3) is 0 Å². The van der Waals surface area contributed by atoms with Gasteiger partial charge in [0, 0.05) is 20.8 Å². The summed E-state index contributed by atoms with van der Waals surface area (Å²) in [6.07, 6.45) is 0. The molecular formula is C15H18BrNOS. The van der Waals surface area contributed by atoms with Crippen LogP contribution in [0.15, 0.2) is 40.9 Å². The number of nitrogens with one attached hydrogen (secondary N) is 1. The van der Waals surface area contributed by atoms with Crippen molar-refractivity contribution < 1.29 is 4.74 Å². The molecule has 19 heavy (non-hydrogen) atoms. The summed E-state index contributed by atoms with van der Waals surface area (Å²) in [5, 5.41) is 3.33. The molecule has 0 saturated heterocycles. The average molecular weight is 340 g/mol. The van der Waals surface area contributed by atoms with Crippen LogP contribution in [-0.2, 0) is 24.5 Å². The van der Waals surface area contributed by atoms with Crippen LogP contribution in [-0.4, -0.2) is 6.54 Å². The van der Waals surface area contributed by atoms with Crippen molar-refractivity contribution in [3.8, 4) is 0 Å². The highest BCUT2D eigenvalue weighted by molar-refractivity contribution is 9.10. The molecule has 0 unspecified atom stereocenters. The summed E-state index contributed by atoms with van der Waals surface area (Å²) in [6.45, 7) is 5.43. The lowest BCUT2D eigenvalue weighted by molar-refractivity contribution is 0.109. The molecule has 1 aromatic carbocycles. The number of ether oxygens (including phenoxy) is 1. The quantitative estimate of drug-likeness (QED) is 0.810. The molecule has 2 nitrogen and oxygen atoms in total. The Kier molecular flexibility index (Phi) is 6.04. The van der Waals surface area contributed by atoms with E-state index in [1.54, 1.807) is 0 Å². The van der Waals surface area contributed by atoms with Gasteiger partial charge in [-0.2, -0.15) is 0 Å². The van der Waals surface area contributed by atoms with Crippen molar-refractivity contribution in [1.29, 1.82) is 0 Å². The molecule has 0 aliphatic rings. The smallest absolute Gasteiger partial charge is 0.0814 e. The Morgan fingerprint density at radius 3 is 2.53 bits per heavy atom. The predicted molar refractivity (Wildman–Crippen MR) is 84.3 cm³/mol. The standard InChI is InChI=1S/C15H18BrNOS/c1-2-17-9-14-7-8-15(19-14)11-18-10-12-3-5-13(16)6-4-12/h3-8,17H,2,9-11H2,1H3. The number of halogens is 1. The van der Waals surface area contributed by atoms with Crippen molar-refractivity contribution in [3.63, 3.8) is 0 Å². The Hall–Kier alpha value is -0.680. The zero-order chi connectivity index (χ0) is 13.5. The van der Waals surface area contributed by atoms with Crippen LogP contribution >= 0.6 is 27.3 Å². The van der Waals surface area contributed by atoms with E-state index in [-0.39, 0.29) is 0 Å². The lowest BCUT2D eigenvalue weighted by atomic mass is 10.2. The third-order valence-electron chi connectivity index (χ3n) is 2.69. The van der Waals surface area contributed by atoms with Gasteiger partial charge in [-0.1, -0.05) is 35.0 Å². The Labute approximate surface area is 126 Å². The summed E-state index contributed by atoms with van der Waals surface area (Å²) in [4.78, 5) is 2.65. The van der Waals surface area contributed by atoms with Gasteiger partial charge >= 0.3 is 0 Å². The van der Waals surface area contributed by atoms with Crippen molar-refractivity contribution in [2.24, 2.45) is 0 Å². The predicted octanol–water partition coefficient (Wildman–Crippen LogP) is 4.34. The monoisotopic (exact) mass is 339 g/mol. The van der Waals surface area contributed by atoms with E-state index >= 15 is 0 Å². The number of rotatable bonds is 7. The first-order valence-electron chi connectivity index (χ1n) is 6.38. The third-order valence-corrected chi connectivity index (χ3v) is 4.28. The Balaban J connectivity index is 1.76. The summed E-state index contributed by atoms with van der Waals surface area (Å²) in [5.41, 5.74) is 1.20. The summed E-state index contributed by atoms with van der Waals surface area (Å²) in [5.74, 6) is 0. The van der Waals surface area contributed by atoms with E-state index in [2.05, 4.69) is 52.4 Å². The second-order valence-electron chi connectivity index (χ2n) is 4.27. The van der Waals surface area contributed by atoms with Gasteiger partial charge in [-0.15, -0.1) is 11.3 Å². The lowest BCUT2D eigenvalue weighted by Gasteiger charge is -2.03. The maximum absolute atomic E-state index is 5.74. The number of thiophene rings is 1. The van der Waals surface area contributed by atoms with E-state index in [0.29, 0.717) is 13.2 Å². The molecule has 102 valence electrons. The number of hydrogen-bond donors (Lipinski definition) is 1. The van der Waals surface area contributed by atoms with Crippen molar-refractivity contribution in [3.05, 3.63) is 56.2 Å². The molecular weight excluding hydrogens is 322 g/mol. The molecule has 0 bridgehead atoms. The number of hydrogen-bond acceptors (Lipinski definition) is 3. The van der Waals surface area contributed by atoms with Gasteiger partial charge in [0.2, 0.25) is 0 Å². The molecule has 0 saturated carbocycles. The minimum Gasteiger partial charge on any atom is -0.371 e. The van der Waals surface area contributed by atoms with E-state index in [0.717, 1.165) is 17.6 Å². The molecule has 1 aromatic heterocycles. The van der Waals surface area contributed by atoms with E-state index < -0.39 is 0 Å². The maximum atomic E-state index is 5.74. The first-order valence-corrected chi connectivity index (χ1v) is 7.99. The first kappa shape index (κ1) is 14.7. The van der Waals surface area contributed by atoms with Crippen molar-refractivity contribution in [1.82, 2.24) is 5.32 Å². The van der Waals surface area contributed by atoms with Crippen LogP contribution in [0.4, 0.5) is 0 Å². The highest BCUT2D eigenvalue weighted by atomic mass is 79.9. The normalized spacial score (nSPS) is 10.8. The average Bonchev–Trinajstić information content (AvgIpc) is 2.87. The minimum absolute atomic E-state index is 0.660. The molecule has 2 rings (SSSR count). The van der Waals surface area contributed by atoms with Crippen LogP contribution in [0.25, 0.3) is 0 Å². The molecule has 0 spiro atoms. The molecule has 1 N–H and O–H groups in total. The van der Waals surface area contributed by atoms with E-state index in [1.807, 2.05) is 23.5 Å². The van der Waals surface area contributed by atoms with Gasteiger partial charge in [-0.25, -0.2) is 0 Å². The summed E-state index contributed by atoms with van der Waals surface area (Å²) in [6, 6.07) is 12.6. The van der Waals surface area contributed by atoms with Gasteiger partial charge in [0.1, 0.15) is 0 Å². The second-order valence-corrected chi connectivity index (χ2v) is 6.44.